The molecule has 4 heteroatoms. The number of aliphatic hydroxyl groups is 1. The zero-order chi connectivity index (χ0) is 8.55. The van der Waals surface area contributed by atoms with Crippen molar-refractivity contribution in [3.63, 3.8) is 0 Å². The first-order chi connectivity index (χ1) is 5.83. The quantitative estimate of drug-likeness (QED) is 0.595. The Bertz CT molecular complexity index is 155. The molecule has 0 spiro atoms. The maximum atomic E-state index is 9.64. The van der Waals surface area contributed by atoms with Crippen molar-refractivity contribution in [1.82, 2.24) is 0 Å². The van der Waals surface area contributed by atoms with Crippen molar-refractivity contribution in [3.05, 3.63) is 0 Å². The van der Waals surface area contributed by atoms with Crippen molar-refractivity contribution in [2.75, 3.05) is 20.3 Å². The molecule has 70 valence electrons. The molecule has 2 aliphatic rings. The minimum atomic E-state index is -0.337. The number of ether oxygens (including phenoxy) is 3. The van der Waals surface area contributed by atoms with E-state index in [2.05, 4.69) is 0 Å². The van der Waals surface area contributed by atoms with Crippen LogP contribution in [0, 0.1) is 5.92 Å². The molecule has 2 saturated heterocycles. The monoisotopic (exact) mass is 174 g/mol. The summed E-state index contributed by atoms with van der Waals surface area (Å²) in [5.41, 5.74) is 0. The van der Waals surface area contributed by atoms with Gasteiger partial charge in [0.15, 0.2) is 6.29 Å². The minimum absolute atomic E-state index is 0.00347. The standard InChI is InChI=1S/C8H14O4/c1-10-6-4-12-8-7(6)5(9)2-3-11-8/h5-9H,2-4H2,1H3/t5-,6-,7+,8-/m0/s1. The highest BCUT2D eigenvalue weighted by Crippen LogP contribution is 2.32. The van der Waals surface area contributed by atoms with E-state index in [-0.39, 0.29) is 24.4 Å². The van der Waals surface area contributed by atoms with Crippen LogP contribution in [-0.4, -0.2) is 43.9 Å². The summed E-state index contributed by atoms with van der Waals surface area (Å²) in [6.07, 6.45) is 0.0879. The van der Waals surface area contributed by atoms with Gasteiger partial charge in [0.2, 0.25) is 0 Å². The largest absolute Gasteiger partial charge is 0.392 e. The molecule has 0 aromatic rings. The van der Waals surface area contributed by atoms with E-state index in [1.807, 2.05) is 0 Å². The van der Waals surface area contributed by atoms with Gasteiger partial charge in [-0.05, 0) is 6.42 Å². The summed E-state index contributed by atoms with van der Waals surface area (Å²) in [4.78, 5) is 0. The lowest BCUT2D eigenvalue weighted by Crippen LogP contribution is -2.42. The van der Waals surface area contributed by atoms with Gasteiger partial charge in [-0.3, -0.25) is 0 Å². The Kier molecular flexibility index (Phi) is 2.32. The molecule has 4 atom stereocenters. The van der Waals surface area contributed by atoms with Crippen molar-refractivity contribution in [1.29, 1.82) is 0 Å². The van der Waals surface area contributed by atoms with Crippen LogP contribution in [0.1, 0.15) is 6.42 Å². The van der Waals surface area contributed by atoms with Crippen LogP contribution in [0.4, 0.5) is 0 Å². The molecule has 0 aliphatic carbocycles. The van der Waals surface area contributed by atoms with Crippen LogP contribution >= 0.6 is 0 Å². The topological polar surface area (TPSA) is 47.9 Å². The maximum absolute atomic E-state index is 9.64. The predicted molar refractivity (Wildman–Crippen MR) is 40.6 cm³/mol. The number of aliphatic hydroxyl groups excluding tert-OH is 1. The van der Waals surface area contributed by atoms with Gasteiger partial charge in [-0.2, -0.15) is 0 Å². The summed E-state index contributed by atoms with van der Waals surface area (Å²) in [5.74, 6) is 0.00347. The Morgan fingerprint density at radius 1 is 1.42 bits per heavy atom. The zero-order valence-electron chi connectivity index (χ0n) is 7.10. The Balaban J connectivity index is 2.06. The second-order valence-corrected chi connectivity index (χ2v) is 3.28. The molecular formula is C8H14O4. The van der Waals surface area contributed by atoms with Crippen LogP contribution in [0.3, 0.4) is 0 Å². The first-order valence-electron chi connectivity index (χ1n) is 4.27. The molecule has 2 rings (SSSR count). The van der Waals surface area contributed by atoms with E-state index in [1.54, 1.807) is 7.11 Å². The molecule has 0 aromatic carbocycles. The van der Waals surface area contributed by atoms with E-state index >= 15 is 0 Å². The zero-order valence-corrected chi connectivity index (χ0v) is 7.10. The molecule has 0 radical (unpaired) electrons. The third-order valence-corrected chi connectivity index (χ3v) is 2.61. The molecule has 0 amide bonds. The number of methoxy groups -OCH3 is 1. The lowest BCUT2D eigenvalue weighted by molar-refractivity contribution is -0.184. The number of hydrogen-bond donors (Lipinski definition) is 1. The van der Waals surface area contributed by atoms with E-state index in [0.717, 1.165) is 0 Å². The van der Waals surface area contributed by atoms with Crippen LogP contribution in [0.2, 0.25) is 0 Å². The average molecular weight is 174 g/mol. The lowest BCUT2D eigenvalue weighted by Gasteiger charge is -2.31. The summed E-state index contributed by atoms with van der Waals surface area (Å²) >= 11 is 0. The summed E-state index contributed by atoms with van der Waals surface area (Å²) in [5, 5.41) is 9.64. The molecule has 0 unspecified atom stereocenters. The van der Waals surface area contributed by atoms with Gasteiger partial charge in [0.1, 0.15) is 0 Å². The second-order valence-electron chi connectivity index (χ2n) is 3.28. The first-order valence-corrected chi connectivity index (χ1v) is 4.27. The van der Waals surface area contributed by atoms with Gasteiger partial charge in [-0.25, -0.2) is 0 Å². The van der Waals surface area contributed by atoms with Gasteiger partial charge in [0.25, 0.3) is 0 Å². The minimum Gasteiger partial charge on any atom is -0.392 e. The summed E-state index contributed by atoms with van der Waals surface area (Å²) < 4.78 is 15.9. The fourth-order valence-electron chi connectivity index (χ4n) is 1.90. The number of hydrogen-bond acceptors (Lipinski definition) is 4. The SMILES string of the molecule is CO[C@H]1CO[C@@H]2OCC[C@H](O)[C@@H]21. The summed E-state index contributed by atoms with van der Waals surface area (Å²) in [6, 6.07) is 0. The fourth-order valence-corrected chi connectivity index (χ4v) is 1.90. The summed E-state index contributed by atoms with van der Waals surface area (Å²) in [6.45, 7) is 1.11. The van der Waals surface area contributed by atoms with Crippen molar-refractivity contribution in [2.45, 2.75) is 24.9 Å². The van der Waals surface area contributed by atoms with Crippen molar-refractivity contribution in [3.8, 4) is 0 Å². The molecule has 2 fully saturated rings. The third kappa shape index (κ3) is 1.25. The van der Waals surface area contributed by atoms with Gasteiger partial charge >= 0.3 is 0 Å². The summed E-state index contributed by atoms with van der Waals surface area (Å²) in [7, 11) is 1.64. The van der Waals surface area contributed by atoms with Gasteiger partial charge in [-0.15, -0.1) is 0 Å². The van der Waals surface area contributed by atoms with Crippen LogP contribution in [0.15, 0.2) is 0 Å². The average Bonchev–Trinajstić information content (AvgIpc) is 2.49. The molecule has 1 N–H and O–H groups in total. The van der Waals surface area contributed by atoms with Gasteiger partial charge < -0.3 is 19.3 Å². The first kappa shape index (κ1) is 8.44. The normalized spacial score (nSPS) is 47.5. The molecule has 0 aromatic heterocycles. The van der Waals surface area contributed by atoms with Crippen LogP contribution in [-0.2, 0) is 14.2 Å². The van der Waals surface area contributed by atoms with E-state index < -0.39 is 0 Å². The van der Waals surface area contributed by atoms with Crippen molar-refractivity contribution < 1.29 is 19.3 Å². The Labute approximate surface area is 71.4 Å². The molecule has 2 heterocycles. The van der Waals surface area contributed by atoms with E-state index in [1.165, 1.54) is 0 Å². The Hall–Kier alpha value is -0.160. The van der Waals surface area contributed by atoms with Gasteiger partial charge in [0, 0.05) is 7.11 Å². The van der Waals surface area contributed by atoms with Crippen LogP contribution in [0.5, 0.6) is 0 Å². The van der Waals surface area contributed by atoms with E-state index in [9.17, 15) is 5.11 Å². The molecule has 0 saturated carbocycles. The number of rotatable bonds is 1. The van der Waals surface area contributed by atoms with E-state index in [4.69, 9.17) is 14.2 Å². The third-order valence-electron chi connectivity index (χ3n) is 2.61. The second kappa shape index (κ2) is 3.30. The molecule has 0 bridgehead atoms. The highest BCUT2D eigenvalue weighted by Gasteiger charge is 2.45. The molecule has 4 nitrogen and oxygen atoms in total. The number of fused-ring (bicyclic) bond motifs is 1. The smallest absolute Gasteiger partial charge is 0.165 e. The maximum Gasteiger partial charge on any atom is 0.165 e. The highest BCUT2D eigenvalue weighted by molar-refractivity contribution is 4.87. The van der Waals surface area contributed by atoms with Crippen LogP contribution < -0.4 is 0 Å². The Morgan fingerprint density at radius 2 is 2.25 bits per heavy atom. The van der Waals surface area contributed by atoms with Crippen molar-refractivity contribution in [2.24, 2.45) is 5.92 Å². The molecular weight excluding hydrogens is 160 g/mol. The fraction of sp³-hybridized carbons (Fsp3) is 1.00. The van der Waals surface area contributed by atoms with Gasteiger partial charge in [0.05, 0.1) is 31.3 Å². The van der Waals surface area contributed by atoms with E-state index in [0.29, 0.717) is 19.6 Å². The molecule has 2 aliphatic heterocycles. The van der Waals surface area contributed by atoms with Gasteiger partial charge in [-0.1, -0.05) is 0 Å². The highest BCUT2D eigenvalue weighted by atomic mass is 16.7. The van der Waals surface area contributed by atoms with Crippen LogP contribution in [0.25, 0.3) is 0 Å². The molecule has 12 heavy (non-hydrogen) atoms. The lowest BCUT2D eigenvalue weighted by atomic mass is 9.93. The predicted octanol–water partition coefficient (Wildman–Crippen LogP) is -0.245. The Morgan fingerprint density at radius 3 is 3.00 bits per heavy atom. The van der Waals surface area contributed by atoms with Crippen molar-refractivity contribution >= 4 is 0 Å².